The second kappa shape index (κ2) is 11.1. The van der Waals surface area contributed by atoms with E-state index in [0.29, 0.717) is 27.3 Å². The van der Waals surface area contributed by atoms with Crippen LogP contribution in [-0.2, 0) is 14.4 Å². The number of rotatable bonds is 7. The molecule has 33 heavy (non-hydrogen) atoms. The maximum atomic E-state index is 12.3. The molecule has 1 saturated heterocycles. The van der Waals surface area contributed by atoms with Crippen molar-refractivity contribution in [1.82, 2.24) is 5.32 Å². The molecular weight excluding hydrogens is 462 g/mol. The average molecular weight is 486 g/mol. The lowest BCUT2D eigenvalue weighted by atomic mass is 10.1. The zero-order valence-corrected chi connectivity index (χ0v) is 20.0. The molecule has 0 saturated carbocycles. The fourth-order valence-electron chi connectivity index (χ4n) is 2.79. The molecule has 1 aliphatic rings. The summed E-state index contributed by atoms with van der Waals surface area (Å²) in [5, 5.41) is 16.9. The maximum Gasteiger partial charge on any atom is 0.240 e. The van der Waals surface area contributed by atoms with Gasteiger partial charge in [-0.15, -0.1) is 5.10 Å². The van der Waals surface area contributed by atoms with E-state index in [1.54, 1.807) is 37.3 Å². The zero-order valence-electron chi connectivity index (χ0n) is 18.4. The second-order valence-electron chi connectivity index (χ2n) is 7.67. The highest BCUT2D eigenvalue weighted by atomic mass is 35.5. The van der Waals surface area contributed by atoms with E-state index in [0.717, 1.165) is 17.3 Å². The number of nitrogens with one attached hydrogen (secondary N) is 3. The molecule has 172 valence electrons. The quantitative estimate of drug-likeness (QED) is 0.401. The zero-order chi connectivity index (χ0) is 24.0. The summed E-state index contributed by atoms with van der Waals surface area (Å²) in [5.41, 5.74) is 2.67. The van der Waals surface area contributed by atoms with Gasteiger partial charge in [-0.05, 0) is 48.9 Å². The molecule has 3 N–H and O–H groups in total. The Labute approximate surface area is 201 Å². The van der Waals surface area contributed by atoms with Gasteiger partial charge in [-0.25, -0.2) is 0 Å². The van der Waals surface area contributed by atoms with Gasteiger partial charge in [-0.3, -0.25) is 14.4 Å². The third-order valence-corrected chi connectivity index (χ3v) is 5.96. The van der Waals surface area contributed by atoms with E-state index in [-0.39, 0.29) is 30.1 Å². The lowest BCUT2D eigenvalue weighted by molar-refractivity contribution is -0.122. The van der Waals surface area contributed by atoms with Crippen LogP contribution in [0.25, 0.3) is 0 Å². The van der Waals surface area contributed by atoms with Crippen LogP contribution in [-0.4, -0.2) is 33.9 Å². The summed E-state index contributed by atoms with van der Waals surface area (Å²) in [6.45, 7) is 5.43. The molecule has 0 unspecified atom stereocenters. The Bertz CT molecular complexity index is 1120. The summed E-state index contributed by atoms with van der Waals surface area (Å²) < 4.78 is 0. The van der Waals surface area contributed by atoms with Crippen molar-refractivity contribution in [2.75, 3.05) is 10.6 Å². The first kappa shape index (κ1) is 24.5. The lowest BCUT2D eigenvalue weighted by Crippen LogP contribution is -2.28. The van der Waals surface area contributed by atoms with Crippen molar-refractivity contribution in [1.29, 1.82) is 0 Å². The molecule has 10 heteroatoms. The van der Waals surface area contributed by atoms with Crippen molar-refractivity contribution >= 4 is 63.3 Å². The molecular formula is C23H24ClN5O3S. The molecule has 2 aromatic carbocycles. The van der Waals surface area contributed by atoms with E-state index in [1.165, 1.54) is 0 Å². The summed E-state index contributed by atoms with van der Waals surface area (Å²) in [6.07, 6.45) is -0.00155. The number of benzene rings is 2. The number of halogens is 1. The minimum Gasteiger partial charge on any atom is -0.326 e. The van der Waals surface area contributed by atoms with Gasteiger partial charge in [0.2, 0.25) is 17.7 Å². The third-order valence-electron chi connectivity index (χ3n) is 4.64. The molecule has 0 aliphatic carbocycles. The Morgan fingerprint density at radius 1 is 1.12 bits per heavy atom. The predicted molar refractivity (Wildman–Crippen MR) is 134 cm³/mol. The third kappa shape index (κ3) is 7.16. The van der Waals surface area contributed by atoms with Crippen molar-refractivity contribution in [3.63, 3.8) is 0 Å². The van der Waals surface area contributed by atoms with E-state index in [1.807, 2.05) is 32.0 Å². The average Bonchev–Trinajstić information content (AvgIpc) is 3.12. The first-order valence-electron chi connectivity index (χ1n) is 10.3. The van der Waals surface area contributed by atoms with Crippen LogP contribution in [0.5, 0.6) is 0 Å². The van der Waals surface area contributed by atoms with Gasteiger partial charge >= 0.3 is 0 Å². The number of hydrogen-bond acceptors (Lipinski definition) is 6. The fraction of sp³-hybridized carbons (Fsp3) is 0.261. The normalized spacial score (nSPS) is 17.2. The standard InChI is InChI=1S/C23H24ClN5O3S/c1-13(2)21(31)26-18-6-4-5-15(11-18)14(3)28-29-23-27-22(32)19(33-23)12-20(30)25-17-9-7-16(24)8-10-17/h4-11,13,19H,12H2,1-3H3,(H,25,30)(H,26,31)(H,27,29,32)/t19-/m1/s1. The smallest absolute Gasteiger partial charge is 0.240 e. The Morgan fingerprint density at radius 2 is 1.85 bits per heavy atom. The molecule has 3 rings (SSSR count). The number of nitrogens with zero attached hydrogens (tertiary/aromatic N) is 2. The topological polar surface area (TPSA) is 112 Å². The minimum atomic E-state index is -0.596. The predicted octanol–water partition coefficient (Wildman–Crippen LogP) is 4.27. The van der Waals surface area contributed by atoms with Gasteiger partial charge in [-0.2, -0.15) is 5.10 Å². The number of carbonyl (C=O) groups is 3. The number of amides is 3. The lowest BCUT2D eigenvalue weighted by Gasteiger charge is -2.09. The van der Waals surface area contributed by atoms with Gasteiger partial charge in [0.1, 0.15) is 5.25 Å². The second-order valence-corrected chi connectivity index (χ2v) is 9.30. The summed E-state index contributed by atoms with van der Waals surface area (Å²) in [6, 6.07) is 14.0. The molecule has 1 fully saturated rings. The summed E-state index contributed by atoms with van der Waals surface area (Å²) in [4.78, 5) is 36.4. The van der Waals surface area contributed by atoms with Crippen LogP contribution < -0.4 is 16.0 Å². The molecule has 1 atom stereocenters. The Kier molecular flexibility index (Phi) is 8.24. The van der Waals surface area contributed by atoms with Gasteiger partial charge < -0.3 is 16.0 Å². The Balaban J connectivity index is 1.60. The SMILES string of the molecule is CC(=NN=C1NC(=O)[C@@H](CC(=O)Nc2ccc(Cl)cc2)S1)c1cccc(NC(=O)C(C)C)c1. The summed E-state index contributed by atoms with van der Waals surface area (Å²) in [5.74, 6) is -0.778. The van der Waals surface area contributed by atoms with Gasteiger partial charge in [0.25, 0.3) is 0 Å². The highest BCUT2D eigenvalue weighted by Gasteiger charge is 2.32. The van der Waals surface area contributed by atoms with Crippen LogP contribution in [0.3, 0.4) is 0 Å². The Hall–Kier alpha value is -3.17. The van der Waals surface area contributed by atoms with Gasteiger partial charge in [0.05, 0.1) is 5.71 Å². The van der Waals surface area contributed by atoms with Crippen LogP contribution in [0, 0.1) is 5.92 Å². The van der Waals surface area contributed by atoms with Crippen molar-refractivity contribution < 1.29 is 14.4 Å². The monoisotopic (exact) mass is 485 g/mol. The minimum absolute atomic E-state index is 0.00155. The van der Waals surface area contributed by atoms with Crippen molar-refractivity contribution in [2.24, 2.45) is 16.1 Å². The molecule has 0 radical (unpaired) electrons. The first-order chi connectivity index (χ1) is 15.7. The van der Waals surface area contributed by atoms with Crippen molar-refractivity contribution in [2.45, 2.75) is 32.4 Å². The molecule has 8 nitrogen and oxygen atoms in total. The van der Waals surface area contributed by atoms with E-state index >= 15 is 0 Å². The van der Waals surface area contributed by atoms with E-state index in [2.05, 4.69) is 26.2 Å². The van der Waals surface area contributed by atoms with Crippen LogP contribution in [0.4, 0.5) is 11.4 Å². The molecule has 2 aromatic rings. The highest BCUT2D eigenvalue weighted by molar-refractivity contribution is 8.15. The van der Waals surface area contributed by atoms with Crippen molar-refractivity contribution in [3.05, 3.63) is 59.1 Å². The molecule has 0 bridgehead atoms. The largest absolute Gasteiger partial charge is 0.326 e. The molecule has 0 spiro atoms. The number of amidine groups is 1. The summed E-state index contributed by atoms with van der Waals surface area (Å²) in [7, 11) is 0. The number of hydrogen-bond donors (Lipinski definition) is 3. The van der Waals surface area contributed by atoms with Crippen LogP contribution in [0.15, 0.2) is 58.7 Å². The van der Waals surface area contributed by atoms with E-state index < -0.39 is 5.25 Å². The van der Waals surface area contributed by atoms with Crippen LogP contribution >= 0.6 is 23.4 Å². The van der Waals surface area contributed by atoms with Crippen LogP contribution in [0.1, 0.15) is 32.8 Å². The molecule has 0 aromatic heterocycles. The van der Waals surface area contributed by atoms with E-state index in [9.17, 15) is 14.4 Å². The first-order valence-corrected chi connectivity index (χ1v) is 11.5. The molecule has 1 aliphatic heterocycles. The van der Waals surface area contributed by atoms with Gasteiger partial charge in [0.15, 0.2) is 5.17 Å². The van der Waals surface area contributed by atoms with Gasteiger partial charge in [0, 0.05) is 28.7 Å². The summed E-state index contributed by atoms with van der Waals surface area (Å²) >= 11 is 7.00. The van der Waals surface area contributed by atoms with E-state index in [4.69, 9.17) is 11.6 Å². The maximum absolute atomic E-state index is 12.3. The fourth-order valence-corrected chi connectivity index (χ4v) is 3.83. The highest BCUT2D eigenvalue weighted by Crippen LogP contribution is 2.23. The Morgan fingerprint density at radius 3 is 2.55 bits per heavy atom. The van der Waals surface area contributed by atoms with Crippen LogP contribution in [0.2, 0.25) is 5.02 Å². The van der Waals surface area contributed by atoms with Crippen molar-refractivity contribution in [3.8, 4) is 0 Å². The molecule has 3 amide bonds. The number of thioether (sulfide) groups is 1. The number of anilines is 2. The molecule has 1 heterocycles. The van der Waals surface area contributed by atoms with Gasteiger partial charge in [-0.1, -0.05) is 49.3 Å². The number of carbonyl (C=O) groups excluding carboxylic acids is 3.